The number of nitrogens with one attached hydrogen (secondary N) is 2. The van der Waals surface area contributed by atoms with E-state index in [0.717, 1.165) is 18.9 Å². The summed E-state index contributed by atoms with van der Waals surface area (Å²) < 4.78 is 48.8. The van der Waals surface area contributed by atoms with Gasteiger partial charge in [-0.2, -0.15) is 0 Å². The average molecular weight is 526 g/mol. The molecule has 2 aromatic heterocycles. The van der Waals surface area contributed by atoms with E-state index in [1.807, 2.05) is 0 Å². The fraction of sp³-hybridized carbons (Fsp3) is 0.407. The summed E-state index contributed by atoms with van der Waals surface area (Å²) in [6.45, 7) is 1.40. The molecular weight excluding hydrogens is 499 g/mol. The van der Waals surface area contributed by atoms with E-state index in [1.54, 1.807) is 13.1 Å². The standard InChI is InChI=1S/C27H26F3N5O3/c1-4-21(17-6-5-7-18(22(17)28)23(29)30)33-24-19-10-20(26(37)35(3)25(19)32-13-31-24)27(34-14(2)36)11-15-8-9-16(12-27)38-15/h1,5-7,10,13,15-16,21,23H,8-9,11-12H2,2-3H3,(H,34,36)(H,31,32,33)/t15?,16?,21-,27?/m1/s1. The van der Waals surface area contributed by atoms with Gasteiger partial charge in [0, 0.05) is 37.9 Å². The van der Waals surface area contributed by atoms with Gasteiger partial charge in [0.05, 0.1) is 28.7 Å². The number of amides is 1. The van der Waals surface area contributed by atoms with E-state index in [0.29, 0.717) is 23.8 Å². The van der Waals surface area contributed by atoms with Crippen LogP contribution in [0.4, 0.5) is 19.0 Å². The molecule has 3 aromatic rings. The van der Waals surface area contributed by atoms with Gasteiger partial charge in [-0.05, 0) is 18.9 Å². The maximum Gasteiger partial charge on any atom is 0.266 e. The van der Waals surface area contributed by atoms with Crippen molar-refractivity contribution in [2.45, 2.75) is 62.8 Å². The zero-order valence-electron chi connectivity index (χ0n) is 20.8. The van der Waals surface area contributed by atoms with E-state index < -0.39 is 29.4 Å². The van der Waals surface area contributed by atoms with Crippen molar-refractivity contribution in [1.82, 2.24) is 19.9 Å². The van der Waals surface area contributed by atoms with Gasteiger partial charge in [-0.1, -0.05) is 24.1 Å². The summed E-state index contributed by atoms with van der Waals surface area (Å²) in [6, 6.07) is 4.12. The van der Waals surface area contributed by atoms with E-state index in [-0.39, 0.29) is 40.7 Å². The molecule has 5 rings (SSSR count). The number of alkyl halides is 2. The lowest BCUT2D eigenvalue weighted by Gasteiger charge is -2.41. The lowest BCUT2D eigenvalue weighted by molar-refractivity contribution is -0.124. The van der Waals surface area contributed by atoms with Crippen LogP contribution in [0.15, 0.2) is 35.4 Å². The number of terminal acetylenes is 1. The van der Waals surface area contributed by atoms with Crippen LogP contribution >= 0.6 is 0 Å². The number of halogens is 3. The summed E-state index contributed by atoms with van der Waals surface area (Å²) in [5, 5.41) is 6.38. The molecule has 2 aliphatic heterocycles. The Kier molecular flexibility index (Phi) is 6.61. The minimum Gasteiger partial charge on any atom is -0.375 e. The third-order valence-electron chi connectivity index (χ3n) is 7.34. The average Bonchev–Trinajstić information content (AvgIpc) is 3.22. The predicted molar refractivity (Wildman–Crippen MR) is 134 cm³/mol. The lowest BCUT2D eigenvalue weighted by Crippen LogP contribution is -2.54. The maximum atomic E-state index is 14.9. The largest absolute Gasteiger partial charge is 0.375 e. The van der Waals surface area contributed by atoms with E-state index in [1.165, 1.54) is 30.0 Å². The molecule has 1 aromatic carbocycles. The smallest absolute Gasteiger partial charge is 0.266 e. The van der Waals surface area contributed by atoms with E-state index in [4.69, 9.17) is 11.2 Å². The van der Waals surface area contributed by atoms with E-state index in [2.05, 4.69) is 26.5 Å². The number of carbonyl (C=O) groups is 1. The van der Waals surface area contributed by atoms with Gasteiger partial charge in [0.1, 0.15) is 29.7 Å². The van der Waals surface area contributed by atoms with Crippen LogP contribution in [0.25, 0.3) is 11.0 Å². The monoisotopic (exact) mass is 525 g/mol. The van der Waals surface area contributed by atoms with Gasteiger partial charge >= 0.3 is 0 Å². The molecule has 0 saturated carbocycles. The Labute approximate surface area is 216 Å². The summed E-state index contributed by atoms with van der Waals surface area (Å²) in [5.74, 6) is 1.20. The van der Waals surface area contributed by atoms with Gasteiger partial charge in [-0.15, -0.1) is 6.42 Å². The minimum atomic E-state index is -3.01. The second-order valence-electron chi connectivity index (χ2n) is 9.81. The quantitative estimate of drug-likeness (QED) is 0.475. The zero-order chi connectivity index (χ0) is 27.2. The highest BCUT2D eigenvalue weighted by Gasteiger charge is 2.48. The van der Waals surface area contributed by atoms with Gasteiger partial charge in [0.15, 0.2) is 0 Å². The molecule has 0 radical (unpaired) electrons. The van der Waals surface area contributed by atoms with Gasteiger partial charge < -0.3 is 15.4 Å². The Morgan fingerprint density at radius 1 is 1.24 bits per heavy atom. The number of ether oxygens (including phenoxy) is 1. The molecular formula is C27H26F3N5O3. The van der Waals surface area contributed by atoms with Crippen LogP contribution in [-0.2, 0) is 22.1 Å². The molecule has 2 N–H and O–H groups in total. The Hall–Kier alpha value is -3.91. The van der Waals surface area contributed by atoms with Crippen LogP contribution in [0, 0.1) is 18.2 Å². The minimum absolute atomic E-state index is 0.0958. The number of pyridine rings is 1. The highest BCUT2D eigenvalue weighted by Crippen LogP contribution is 2.44. The van der Waals surface area contributed by atoms with Crippen molar-refractivity contribution in [3.05, 3.63) is 63.5 Å². The summed E-state index contributed by atoms with van der Waals surface area (Å²) >= 11 is 0. The summed E-state index contributed by atoms with van der Waals surface area (Å²) in [7, 11) is 1.56. The number of rotatable bonds is 6. The van der Waals surface area contributed by atoms with Gasteiger partial charge in [-0.25, -0.2) is 23.1 Å². The second-order valence-corrected chi connectivity index (χ2v) is 9.81. The molecule has 38 heavy (non-hydrogen) atoms. The number of anilines is 1. The second kappa shape index (κ2) is 9.76. The first kappa shape index (κ1) is 25.7. The molecule has 2 bridgehead atoms. The Balaban J connectivity index is 1.64. The number of carbonyl (C=O) groups excluding carboxylic acids is 1. The number of aromatic nitrogens is 3. The number of aryl methyl sites for hydroxylation is 1. The fourth-order valence-electron chi connectivity index (χ4n) is 5.70. The highest BCUT2D eigenvalue weighted by molar-refractivity contribution is 5.87. The first-order valence-electron chi connectivity index (χ1n) is 12.2. The highest BCUT2D eigenvalue weighted by atomic mass is 19.3. The van der Waals surface area contributed by atoms with Crippen molar-refractivity contribution in [3.8, 4) is 12.3 Å². The predicted octanol–water partition coefficient (Wildman–Crippen LogP) is 3.86. The normalized spacial score (nSPS) is 23.3. The summed E-state index contributed by atoms with van der Waals surface area (Å²) in [5.41, 5.74) is -1.56. The van der Waals surface area contributed by atoms with Crippen molar-refractivity contribution in [2.24, 2.45) is 7.05 Å². The number of benzene rings is 1. The number of hydrogen-bond donors (Lipinski definition) is 2. The molecule has 4 heterocycles. The number of nitrogens with zero attached hydrogens (tertiary/aromatic N) is 3. The lowest BCUT2D eigenvalue weighted by atomic mass is 9.80. The topological polar surface area (TPSA) is 98.1 Å². The Morgan fingerprint density at radius 2 is 1.92 bits per heavy atom. The van der Waals surface area contributed by atoms with Crippen LogP contribution in [-0.4, -0.2) is 32.7 Å². The SMILES string of the molecule is C#C[C@@H](Nc1ncnc2c1cc(C1(NC(C)=O)CC3CCC(C1)O3)c(=O)n2C)c1cccc(C(F)F)c1F. The molecule has 2 unspecified atom stereocenters. The third-order valence-corrected chi connectivity index (χ3v) is 7.34. The van der Waals surface area contributed by atoms with Crippen molar-refractivity contribution in [1.29, 1.82) is 0 Å². The third kappa shape index (κ3) is 4.39. The van der Waals surface area contributed by atoms with Crippen molar-refractivity contribution >= 4 is 22.8 Å². The van der Waals surface area contributed by atoms with Crippen LogP contribution in [0.2, 0.25) is 0 Å². The van der Waals surface area contributed by atoms with Crippen LogP contribution in [0.3, 0.4) is 0 Å². The molecule has 2 aliphatic rings. The first-order valence-corrected chi connectivity index (χ1v) is 12.2. The van der Waals surface area contributed by atoms with Crippen LogP contribution in [0.1, 0.15) is 61.8 Å². The van der Waals surface area contributed by atoms with Gasteiger partial charge in [0.2, 0.25) is 5.91 Å². The Bertz CT molecular complexity index is 1500. The van der Waals surface area contributed by atoms with Crippen molar-refractivity contribution in [3.63, 3.8) is 0 Å². The van der Waals surface area contributed by atoms with Crippen LogP contribution in [0.5, 0.6) is 0 Å². The summed E-state index contributed by atoms with van der Waals surface area (Å²) in [6.07, 6.45) is 6.23. The van der Waals surface area contributed by atoms with E-state index in [9.17, 15) is 22.8 Å². The van der Waals surface area contributed by atoms with Gasteiger partial charge in [0.25, 0.3) is 12.0 Å². The molecule has 0 spiro atoms. The van der Waals surface area contributed by atoms with Crippen molar-refractivity contribution in [2.75, 3.05) is 5.32 Å². The molecule has 0 aliphatic carbocycles. The fourth-order valence-corrected chi connectivity index (χ4v) is 5.70. The Morgan fingerprint density at radius 3 is 2.55 bits per heavy atom. The molecule has 2 fully saturated rings. The van der Waals surface area contributed by atoms with Crippen LogP contribution < -0.4 is 16.2 Å². The molecule has 198 valence electrons. The van der Waals surface area contributed by atoms with E-state index >= 15 is 0 Å². The van der Waals surface area contributed by atoms with Crippen molar-refractivity contribution < 1.29 is 22.7 Å². The number of fused-ring (bicyclic) bond motifs is 3. The molecule has 1 amide bonds. The molecule has 2 saturated heterocycles. The molecule has 3 atom stereocenters. The first-order chi connectivity index (χ1) is 18.1. The number of hydrogen-bond acceptors (Lipinski definition) is 6. The molecule has 8 nitrogen and oxygen atoms in total. The zero-order valence-corrected chi connectivity index (χ0v) is 20.8. The molecule has 11 heteroatoms. The summed E-state index contributed by atoms with van der Waals surface area (Å²) in [4.78, 5) is 34.4. The maximum absolute atomic E-state index is 14.9. The van der Waals surface area contributed by atoms with Gasteiger partial charge in [-0.3, -0.25) is 14.2 Å².